The Hall–Kier alpha value is -1.55. The largest absolute Gasteiger partial charge is 0.335 e. The number of anilines is 1. The lowest BCUT2D eigenvalue weighted by Gasteiger charge is -2.28. The van der Waals surface area contributed by atoms with E-state index in [-0.39, 0.29) is 17.5 Å². The van der Waals surface area contributed by atoms with Gasteiger partial charge in [-0.15, -0.1) is 0 Å². The van der Waals surface area contributed by atoms with E-state index in [9.17, 15) is 4.79 Å². The Morgan fingerprint density at radius 1 is 1.39 bits per heavy atom. The molecular formula is C14H23N3O. The molecule has 18 heavy (non-hydrogen) atoms. The second-order valence-electron chi connectivity index (χ2n) is 5.59. The van der Waals surface area contributed by atoms with Crippen molar-refractivity contribution in [1.82, 2.24) is 5.32 Å². The van der Waals surface area contributed by atoms with E-state index in [1.54, 1.807) is 0 Å². The zero-order valence-electron chi connectivity index (χ0n) is 11.6. The monoisotopic (exact) mass is 249 g/mol. The Balaban J connectivity index is 2.59. The predicted molar refractivity (Wildman–Crippen MR) is 75.4 cm³/mol. The molecule has 0 aliphatic rings. The number of carbonyl (C=O) groups is 1. The van der Waals surface area contributed by atoms with Crippen LogP contribution in [-0.2, 0) is 6.54 Å². The Morgan fingerprint density at radius 2 is 2.06 bits per heavy atom. The lowest BCUT2D eigenvalue weighted by molar-refractivity contribution is 0.233. The highest BCUT2D eigenvalue weighted by Crippen LogP contribution is 2.18. The first-order valence-electron chi connectivity index (χ1n) is 6.19. The van der Waals surface area contributed by atoms with Crippen molar-refractivity contribution in [2.24, 2.45) is 11.1 Å². The summed E-state index contributed by atoms with van der Waals surface area (Å²) in [6.45, 7) is 8.73. The van der Waals surface area contributed by atoms with Gasteiger partial charge in [0.25, 0.3) is 0 Å². The van der Waals surface area contributed by atoms with Crippen molar-refractivity contribution in [3.05, 3.63) is 29.8 Å². The smallest absolute Gasteiger partial charge is 0.319 e. The highest BCUT2D eigenvalue weighted by Gasteiger charge is 2.21. The zero-order chi connectivity index (χ0) is 13.8. The third-order valence-electron chi connectivity index (χ3n) is 3.07. The third kappa shape index (κ3) is 4.37. The van der Waals surface area contributed by atoms with Crippen LogP contribution in [0.2, 0.25) is 0 Å². The van der Waals surface area contributed by atoms with Gasteiger partial charge in [-0.1, -0.05) is 32.9 Å². The minimum Gasteiger partial charge on any atom is -0.335 e. The summed E-state index contributed by atoms with van der Waals surface area (Å²) >= 11 is 0. The predicted octanol–water partition coefficient (Wildman–Crippen LogP) is 2.70. The highest BCUT2D eigenvalue weighted by molar-refractivity contribution is 5.89. The van der Waals surface area contributed by atoms with Crippen LogP contribution in [0, 0.1) is 5.41 Å². The topological polar surface area (TPSA) is 67.2 Å². The van der Waals surface area contributed by atoms with Crippen LogP contribution in [-0.4, -0.2) is 12.1 Å². The molecule has 2 amide bonds. The number of nitrogens with one attached hydrogen (secondary N) is 2. The van der Waals surface area contributed by atoms with E-state index in [2.05, 4.69) is 31.4 Å². The van der Waals surface area contributed by atoms with E-state index in [0.717, 1.165) is 11.3 Å². The van der Waals surface area contributed by atoms with Crippen LogP contribution in [0.15, 0.2) is 24.3 Å². The maximum Gasteiger partial charge on any atom is 0.319 e. The molecule has 0 heterocycles. The van der Waals surface area contributed by atoms with Gasteiger partial charge in [0.2, 0.25) is 0 Å². The maximum absolute atomic E-state index is 11.8. The summed E-state index contributed by atoms with van der Waals surface area (Å²) in [5.41, 5.74) is 7.35. The summed E-state index contributed by atoms with van der Waals surface area (Å²) in [4.78, 5) is 11.8. The van der Waals surface area contributed by atoms with E-state index >= 15 is 0 Å². The molecule has 4 heteroatoms. The number of urea groups is 1. The first-order valence-corrected chi connectivity index (χ1v) is 6.19. The van der Waals surface area contributed by atoms with Crippen molar-refractivity contribution < 1.29 is 4.79 Å². The Morgan fingerprint density at radius 3 is 2.61 bits per heavy atom. The lowest BCUT2D eigenvalue weighted by atomic mass is 9.88. The van der Waals surface area contributed by atoms with E-state index < -0.39 is 0 Å². The van der Waals surface area contributed by atoms with Crippen molar-refractivity contribution in [1.29, 1.82) is 0 Å². The van der Waals surface area contributed by atoms with Crippen LogP contribution < -0.4 is 16.4 Å². The van der Waals surface area contributed by atoms with Gasteiger partial charge in [0, 0.05) is 18.3 Å². The standard InChI is InChI=1S/C14H23N3O/c1-10(14(2,3)4)16-13(18)17-12-7-5-6-11(8-12)9-15/h5-8,10H,9,15H2,1-4H3,(H2,16,17,18). The van der Waals surface area contributed by atoms with Crippen LogP contribution in [0.1, 0.15) is 33.3 Å². The van der Waals surface area contributed by atoms with E-state index in [1.807, 2.05) is 31.2 Å². The van der Waals surface area contributed by atoms with Crippen molar-refractivity contribution in [2.45, 2.75) is 40.3 Å². The number of rotatable bonds is 3. The molecule has 1 rings (SSSR count). The molecule has 100 valence electrons. The number of hydrogen-bond acceptors (Lipinski definition) is 2. The summed E-state index contributed by atoms with van der Waals surface area (Å²) in [6.07, 6.45) is 0. The molecule has 0 saturated carbocycles. The summed E-state index contributed by atoms with van der Waals surface area (Å²) in [7, 11) is 0. The van der Waals surface area contributed by atoms with Gasteiger partial charge in [0.15, 0.2) is 0 Å². The second kappa shape index (κ2) is 5.87. The maximum atomic E-state index is 11.8. The van der Waals surface area contributed by atoms with E-state index in [0.29, 0.717) is 6.54 Å². The van der Waals surface area contributed by atoms with Gasteiger partial charge < -0.3 is 16.4 Å². The minimum atomic E-state index is -0.188. The number of hydrogen-bond donors (Lipinski definition) is 3. The van der Waals surface area contributed by atoms with Gasteiger partial charge in [-0.05, 0) is 30.0 Å². The van der Waals surface area contributed by atoms with Crippen LogP contribution in [0.3, 0.4) is 0 Å². The third-order valence-corrected chi connectivity index (χ3v) is 3.07. The molecule has 0 aromatic heterocycles. The SMILES string of the molecule is CC(NC(=O)Nc1cccc(CN)c1)C(C)(C)C. The average Bonchev–Trinajstić information content (AvgIpc) is 2.27. The van der Waals surface area contributed by atoms with E-state index in [1.165, 1.54) is 0 Å². The fourth-order valence-electron chi connectivity index (χ4n) is 1.36. The molecule has 0 aliphatic carbocycles. The van der Waals surface area contributed by atoms with E-state index in [4.69, 9.17) is 5.73 Å². The summed E-state index contributed by atoms with van der Waals surface area (Å²) in [6, 6.07) is 7.44. The lowest BCUT2D eigenvalue weighted by Crippen LogP contribution is -2.43. The molecule has 1 aromatic carbocycles. The first-order chi connectivity index (χ1) is 8.32. The molecule has 0 saturated heterocycles. The van der Waals surface area contributed by atoms with Crippen LogP contribution in [0.4, 0.5) is 10.5 Å². The number of benzene rings is 1. The van der Waals surface area contributed by atoms with Crippen molar-refractivity contribution in [3.8, 4) is 0 Å². The molecule has 0 bridgehead atoms. The normalized spacial score (nSPS) is 12.9. The van der Waals surface area contributed by atoms with Gasteiger partial charge in [-0.2, -0.15) is 0 Å². The molecule has 0 radical (unpaired) electrons. The van der Waals surface area contributed by atoms with Crippen LogP contribution in [0.25, 0.3) is 0 Å². The van der Waals surface area contributed by atoms with Gasteiger partial charge in [0.05, 0.1) is 0 Å². The summed E-state index contributed by atoms with van der Waals surface area (Å²) in [5.74, 6) is 0. The number of amides is 2. The zero-order valence-corrected chi connectivity index (χ0v) is 11.6. The van der Waals surface area contributed by atoms with Gasteiger partial charge >= 0.3 is 6.03 Å². The summed E-state index contributed by atoms with van der Waals surface area (Å²) < 4.78 is 0. The van der Waals surface area contributed by atoms with Gasteiger partial charge in [-0.25, -0.2) is 4.79 Å². The minimum absolute atomic E-state index is 0.0381. The highest BCUT2D eigenvalue weighted by atomic mass is 16.2. The number of nitrogens with two attached hydrogens (primary N) is 1. The quantitative estimate of drug-likeness (QED) is 0.771. The molecule has 0 aliphatic heterocycles. The number of carbonyl (C=O) groups excluding carboxylic acids is 1. The second-order valence-corrected chi connectivity index (χ2v) is 5.59. The molecule has 0 spiro atoms. The average molecular weight is 249 g/mol. The molecule has 0 fully saturated rings. The van der Waals surface area contributed by atoms with Crippen molar-refractivity contribution in [2.75, 3.05) is 5.32 Å². The van der Waals surface area contributed by atoms with Crippen molar-refractivity contribution >= 4 is 11.7 Å². The van der Waals surface area contributed by atoms with Crippen molar-refractivity contribution in [3.63, 3.8) is 0 Å². The molecule has 1 unspecified atom stereocenters. The first kappa shape index (κ1) is 14.5. The Labute approximate surface area is 109 Å². The summed E-state index contributed by atoms with van der Waals surface area (Å²) in [5, 5.41) is 5.74. The Kier molecular flexibility index (Phi) is 4.73. The van der Waals surface area contributed by atoms with Crippen LogP contribution >= 0.6 is 0 Å². The molecule has 1 aromatic rings. The van der Waals surface area contributed by atoms with Gasteiger partial charge in [-0.3, -0.25) is 0 Å². The molecule has 4 N–H and O–H groups in total. The van der Waals surface area contributed by atoms with Crippen LogP contribution in [0.5, 0.6) is 0 Å². The van der Waals surface area contributed by atoms with Gasteiger partial charge in [0.1, 0.15) is 0 Å². The molecule has 4 nitrogen and oxygen atoms in total. The fourth-order valence-corrected chi connectivity index (χ4v) is 1.36. The molecule has 1 atom stereocenters. The molecular weight excluding hydrogens is 226 g/mol. The Bertz CT molecular complexity index is 410. The fraction of sp³-hybridized carbons (Fsp3) is 0.500.